The molecule has 1 aromatic heterocycles. The molecule has 0 aliphatic carbocycles. The van der Waals surface area contributed by atoms with E-state index in [0.717, 1.165) is 22.2 Å². The van der Waals surface area contributed by atoms with Gasteiger partial charge in [0.25, 0.3) is 0 Å². The van der Waals surface area contributed by atoms with Crippen molar-refractivity contribution in [1.29, 1.82) is 0 Å². The summed E-state index contributed by atoms with van der Waals surface area (Å²) in [5, 5.41) is 3.64. The number of hydrogen-bond donors (Lipinski definition) is 1. The molecule has 18 heavy (non-hydrogen) atoms. The van der Waals surface area contributed by atoms with Gasteiger partial charge in [0.15, 0.2) is 5.76 Å². The van der Waals surface area contributed by atoms with Crippen molar-refractivity contribution in [2.45, 2.75) is 26.0 Å². The van der Waals surface area contributed by atoms with Crippen LogP contribution in [0.4, 0.5) is 0 Å². The number of nitrogens with zero attached hydrogens (tertiary/aromatic N) is 1. The third-order valence-corrected chi connectivity index (χ3v) is 2.92. The van der Waals surface area contributed by atoms with Crippen LogP contribution < -0.4 is 10.5 Å². The fourth-order valence-corrected chi connectivity index (χ4v) is 2.07. The largest absolute Gasteiger partial charge is 0.485 e. The molecule has 0 amide bonds. The SMILES string of the molecule is CC(N)Cc1cc(Br)ccc1OCc1ccno1. The zero-order chi connectivity index (χ0) is 13.0. The van der Waals surface area contributed by atoms with E-state index < -0.39 is 0 Å². The van der Waals surface area contributed by atoms with Crippen LogP contribution >= 0.6 is 15.9 Å². The van der Waals surface area contributed by atoms with Crippen LogP contribution in [0, 0.1) is 0 Å². The Hall–Kier alpha value is -1.33. The van der Waals surface area contributed by atoms with E-state index >= 15 is 0 Å². The minimum Gasteiger partial charge on any atom is -0.485 e. The van der Waals surface area contributed by atoms with E-state index in [4.69, 9.17) is 15.0 Å². The Bertz CT molecular complexity index is 498. The van der Waals surface area contributed by atoms with Crippen LogP contribution in [0.5, 0.6) is 5.75 Å². The predicted octanol–water partition coefficient (Wildman–Crippen LogP) is 2.91. The molecule has 5 heteroatoms. The van der Waals surface area contributed by atoms with Crippen LogP contribution in [-0.4, -0.2) is 11.2 Å². The Morgan fingerprint density at radius 1 is 1.44 bits per heavy atom. The maximum absolute atomic E-state index is 5.83. The lowest BCUT2D eigenvalue weighted by Crippen LogP contribution is -2.18. The monoisotopic (exact) mass is 310 g/mol. The second kappa shape index (κ2) is 6.02. The summed E-state index contributed by atoms with van der Waals surface area (Å²) in [7, 11) is 0. The normalized spacial score (nSPS) is 12.4. The first-order chi connectivity index (χ1) is 8.65. The van der Waals surface area contributed by atoms with E-state index in [-0.39, 0.29) is 6.04 Å². The highest BCUT2D eigenvalue weighted by molar-refractivity contribution is 9.10. The zero-order valence-corrected chi connectivity index (χ0v) is 11.7. The van der Waals surface area contributed by atoms with Crippen LogP contribution in [0.15, 0.2) is 39.5 Å². The fraction of sp³-hybridized carbons (Fsp3) is 0.308. The Labute approximate surface area is 114 Å². The van der Waals surface area contributed by atoms with Crippen molar-refractivity contribution in [3.8, 4) is 5.75 Å². The molecule has 0 saturated heterocycles. The maximum atomic E-state index is 5.83. The van der Waals surface area contributed by atoms with Gasteiger partial charge in [-0.05, 0) is 37.1 Å². The highest BCUT2D eigenvalue weighted by Crippen LogP contribution is 2.25. The summed E-state index contributed by atoms with van der Waals surface area (Å²) >= 11 is 3.45. The summed E-state index contributed by atoms with van der Waals surface area (Å²) in [6, 6.07) is 7.77. The van der Waals surface area contributed by atoms with Gasteiger partial charge in [-0.1, -0.05) is 21.1 Å². The zero-order valence-electron chi connectivity index (χ0n) is 10.1. The number of nitrogens with two attached hydrogens (primary N) is 1. The quantitative estimate of drug-likeness (QED) is 0.922. The number of benzene rings is 1. The molecule has 1 heterocycles. The number of rotatable bonds is 5. The van der Waals surface area contributed by atoms with Gasteiger partial charge in [-0.3, -0.25) is 0 Å². The maximum Gasteiger partial charge on any atom is 0.174 e. The summed E-state index contributed by atoms with van der Waals surface area (Å²) < 4.78 is 11.7. The first-order valence-electron chi connectivity index (χ1n) is 5.71. The van der Waals surface area contributed by atoms with Crippen LogP contribution in [0.2, 0.25) is 0 Å². The highest BCUT2D eigenvalue weighted by Gasteiger charge is 2.08. The molecule has 0 saturated carbocycles. The third kappa shape index (κ3) is 3.58. The summed E-state index contributed by atoms with van der Waals surface area (Å²) in [6.07, 6.45) is 2.37. The molecule has 1 atom stereocenters. The molecule has 96 valence electrons. The molecular weight excluding hydrogens is 296 g/mol. The Kier molecular flexibility index (Phi) is 4.38. The lowest BCUT2D eigenvalue weighted by Gasteiger charge is -2.12. The number of aromatic nitrogens is 1. The second-order valence-corrected chi connectivity index (χ2v) is 5.12. The molecular formula is C13H15BrN2O2. The molecule has 1 unspecified atom stereocenters. The van der Waals surface area contributed by atoms with Crippen LogP contribution in [0.1, 0.15) is 18.2 Å². The first kappa shape index (κ1) is 13.1. The molecule has 0 radical (unpaired) electrons. The predicted molar refractivity (Wildman–Crippen MR) is 72.3 cm³/mol. The summed E-state index contributed by atoms with van der Waals surface area (Å²) in [5.74, 6) is 1.52. The Morgan fingerprint density at radius 2 is 2.28 bits per heavy atom. The van der Waals surface area contributed by atoms with E-state index in [1.807, 2.05) is 25.1 Å². The van der Waals surface area contributed by atoms with Gasteiger partial charge in [0.1, 0.15) is 12.4 Å². The van der Waals surface area contributed by atoms with Gasteiger partial charge in [-0.2, -0.15) is 0 Å². The molecule has 2 aromatic rings. The lowest BCUT2D eigenvalue weighted by atomic mass is 10.1. The van der Waals surface area contributed by atoms with E-state index in [1.165, 1.54) is 0 Å². The molecule has 0 fully saturated rings. The molecule has 0 bridgehead atoms. The van der Waals surface area contributed by atoms with Crippen molar-refractivity contribution in [3.63, 3.8) is 0 Å². The van der Waals surface area contributed by atoms with Crippen molar-refractivity contribution in [3.05, 3.63) is 46.3 Å². The van der Waals surface area contributed by atoms with Gasteiger partial charge < -0.3 is 15.0 Å². The molecule has 0 aliphatic rings. The number of halogens is 1. The third-order valence-electron chi connectivity index (χ3n) is 2.43. The smallest absolute Gasteiger partial charge is 0.174 e. The number of hydrogen-bond acceptors (Lipinski definition) is 4. The molecule has 2 N–H and O–H groups in total. The van der Waals surface area contributed by atoms with Crippen molar-refractivity contribution < 1.29 is 9.26 Å². The fourth-order valence-electron chi connectivity index (χ4n) is 1.66. The van der Waals surface area contributed by atoms with Crippen molar-refractivity contribution in [2.24, 2.45) is 5.73 Å². The van der Waals surface area contributed by atoms with Crippen molar-refractivity contribution in [1.82, 2.24) is 5.16 Å². The molecule has 1 aromatic carbocycles. The minimum atomic E-state index is 0.0897. The van der Waals surface area contributed by atoms with Crippen LogP contribution in [0.25, 0.3) is 0 Å². The lowest BCUT2D eigenvalue weighted by molar-refractivity contribution is 0.247. The van der Waals surface area contributed by atoms with Gasteiger partial charge in [0.05, 0.1) is 6.20 Å². The van der Waals surface area contributed by atoms with Crippen LogP contribution in [-0.2, 0) is 13.0 Å². The summed E-state index contributed by atoms with van der Waals surface area (Å²) in [4.78, 5) is 0. The second-order valence-electron chi connectivity index (χ2n) is 4.20. The van der Waals surface area contributed by atoms with E-state index in [9.17, 15) is 0 Å². The van der Waals surface area contributed by atoms with Gasteiger partial charge >= 0.3 is 0 Å². The Balaban J connectivity index is 2.10. The Morgan fingerprint density at radius 3 is 2.94 bits per heavy atom. The molecule has 2 rings (SSSR count). The molecule has 0 aliphatic heterocycles. The van der Waals surface area contributed by atoms with Gasteiger partial charge in [0.2, 0.25) is 0 Å². The van der Waals surface area contributed by atoms with E-state index in [0.29, 0.717) is 12.4 Å². The van der Waals surface area contributed by atoms with Crippen molar-refractivity contribution >= 4 is 15.9 Å². The van der Waals surface area contributed by atoms with Gasteiger partial charge in [-0.15, -0.1) is 0 Å². The average molecular weight is 311 g/mol. The van der Waals surface area contributed by atoms with Crippen molar-refractivity contribution in [2.75, 3.05) is 0 Å². The number of ether oxygens (including phenoxy) is 1. The van der Waals surface area contributed by atoms with E-state index in [1.54, 1.807) is 12.3 Å². The minimum absolute atomic E-state index is 0.0897. The van der Waals surface area contributed by atoms with Gasteiger partial charge in [-0.25, -0.2) is 0 Å². The average Bonchev–Trinajstić information content (AvgIpc) is 2.80. The molecule has 4 nitrogen and oxygen atoms in total. The van der Waals surface area contributed by atoms with Gasteiger partial charge in [0, 0.05) is 16.6 Å². The standard InChI is InChI=1S/C13H15BrN2O2/c1-9(15)6-10-7-11(14)2-3-13(10)17-8-12-4-5-16-18-12/h2-5,7,9H,6,8,15H2,1H3. The van der Waals surface area contributed by atoms with Crippen LogP contribution in [0.3, 0.4) is 0 Å². The highest BCUT2D eigenvalue weighted by atomic mass is 79.9. The first-order valence-corrected chi connectivity index (χ1v) is 6.51. The molecule has 0 spiro atoms. The van der Waals surface area contributed by atoms with E-state index in [2.05, 4.69) is 21.1 Å². The topological polar surface area (TPSA) is 61.3 Å². The summed E-state index contributed by atoms with van der Waals surface area (Å²) in [6.45, 7) is 2.34. The summed E-state index contributed by atoms with van der Waals surface area (Å²) in [5.41, 5.74) is 6.92.